The van der Waals surface area contributed by atoms with Gasteiger partial charge in [-0.25, -0.2) is 12.7 Å². The molecule has 4 heterocycles. The van der Waals surface area contributed by atoms with E-state index in [0.29, 0.717) is 5.69 Å². The van der Waals surface area contributed by atoms with Crippen molar-refractivity contribution in [3.63, 3.8) is 0 Å². The van der Waals surface area contributed by atoms with E-state index in [0.717, 1.165) is 22.0 Å². The van der Waals surface area contributed by atoms with E-state index in [1.165, 1.54) is 47.5 Å². The van der Waals surface area contributed by atoms with Crippen LogP contribution < -0.4 is 4.31 Å². The Bertz CT molecular complexity index is 1940. The lowest BCUT2D eigenvalue weighted by atomic mass is 9.72. The quantitative estimate of drug-likeness (QED) is 0.160. The van der Waals surface area contributed by atoms with Gasteiger partial charge in [-0.2, -0.15) is 0 Å². The van der Waals surface area contributed by atoms with E-state index in [-0.39, 0.29) is 127 Å². The Morgan fingerprint density at radius 2 is 1.19 bits per heavy atom. The number of benzene rings is 3. The minimum atomic E-state index is -4.21. The third-order valence-electron chi connectivity index (χ3n) is 8.96. The molecule has 0 aliphatic carbocycles. The molecule has 4 atom stereocenters. The van der Waals surface area contributed by atoms with E-state index in [2.05, 4.69) is 10.2 Å². The van der Waals surface area contributed by atoms with Crippen LogP contribution in [0.5, 0.6) is 0 Å². The van der Waals surface area contributed by atoms with Gasteiger partial charge in [0, 0.05) is 31.3 Å². The summed E-state index contributed by atoms with van der Waals surface area (Å²) in [6.07, 6.45) is 7.01. The maximum Gasteiger partial charge on any atom is 0.266 e. The number of anilines is 1. The summed E-state index contributed by atoms with van der Waals surface area (Å²) < 4.78 is 33.3. The number of carbonyl (C=O) groups excluding carboxylic acids is 2. The first-order valence-electron chi connectivity index (χ1n) is 14.0. The van der Waals surface area contributed by atoms with E-state index < -0.39 is 31.8 Å². The standard InChI is InChI=1S/C31H30N4O4S6.14CH4/c1-32-27(43-41-3)26(36)34-28-30(19-31(34,29(32)37)44-42-4,23-18-33(40-2)24-16-10-8-14-21(23)24)22-15-9-11-17-25(22)35(28)45(38,39)20-12-6-5-7-13-20;;;;;;;;;;;;;;/h5-18,27-28H,19H2,1-4H3;14*1H4/t27-,28-,30+,31-;;;;;;;;;;;;;;/m0............../s1. The third-order valence-corrected chi connectivity index (χ3v) is 15.7. The fourth-order valence-electron chi connectivity index (χ4n) is 7.27. The first kappa shape index (κ1) is 74.1. The van der Waals surface area contributed by atoms with Crippen LogP contribution in [0.2, 0.25) is 0 Å². The van der Waals surface area contributed by atoms with E-state index in [1.807, 2.05) is 67.3 Å². The highest BCUT2D eigenvalue weighted by molar-refractivity contribution is 8.77. The van der Waals surface area contributed by atoms with Crippen molar-refractivity contribution in [1.82, 2.24) is 13.8 Å². The van der Waals surface area contributed by atoms with Crippen molar-refractivity contribution in [3.05, 3.63) is 96.2 Å². The molecule has 2 fully saturated rings. The molecule has 3 aliphatic rings. The van der Waals surface area contributed by atoms with Crippen molar-refractivity contribution in [3.8, 4) is 0 Å². The van der Waals surface area contributed by atoms with Crippen LogP contribution in [-0.2, 0) is 25.0 Å². The number of carbonyl (C=O) groups is 2. The second-order valence-electron chi connectivity index (χ2n) is 11.0. The molecule has 0 spiro atoms. The summed E-state index contributed by atoms with van der Waals surface area (Å²) in [5.74, 6) is -0.482. The van der Waals surface area contributed by atoms with Crippen molar-refractivity contribution in [2.24, 2.45) is 0 Å². The van der Waals surface area contributed by atoms with Gasteiger partial charge >= 0.3 is 0 Å². The minimum absolute atomic E-state index is 0. The van der Waals surface area contributed by atoms with Crippen LogP contribution in [0.25, 0.3) is 10.9 Å². The maximum absolute atomic E-state index is 14.9. The van der Waals surface area contributed by atoms with Gasteiger partial charge in [-0.05, 0) is 59.9 Å². The number of amides is 2. The summed E-state index contributed by atoms with van der Waals surface area (Å²) in [6, 6.07) is 23.9. The zero-order chi connectivity index (χ0) is 31.7. The van der Waals surface area contributed by atoms with Gasteiger partial charge in [-0.15, -0.1) is 0 Å². The fraction of sp³-hybridized carbons (Fsp3) is 0.511. The Morgan fingerprint density at radius 1 is 0.661 bits per heavy atom. The average molecular weight is 940 g/mol. The highest BCUT2D eigenvalue weighted by Crippen LogP contribution is 2.67. The first-order chi connectivity index (χ1) is 21.7. The molecular formula is C45H86N4O4S6. The van der Waals surface area contributed by atoms with Crippen LogP contribution in [-0.4, -0.2) is 76.2 Å². The topological polar surface area (TPSA) is 82.9 Å². The summed E-state index contributed by atoms with van der Waals surface area (Å²) in [5, 5.41) is 0.148. The van der Waals surface area contributed by atoms with Gasteiger partial charge in [0.25, 0.3) is 21.8 Å². The average Bonchev–Trinajstić information content (AvgIpc) is 3.67. The van der Waals surface area contributed by atoms with Crippen molar-refractivity contribution in [2.45, 2.75) is 137 Å². The number of para-hydroxylation sites is 2. The van der Waals surface area contributed by atoms with E-state index in [4.69, 9.17) is 0 Å². The summed E-state index contributed by atoms with van der Waals surface area (Å²) in [6.45, 7) is 0. The Hall–Kier alpha value is -2.36. The van der Waals surface area contributed by atoms with Crippen molar-refractivity contribution in [2.75, 3.05) is 30.1 Å². The highest BCUT2D eigenvalue weighted by Gasteiger charge is 2.75. The number of hydrogen-bond acceptors (Lipinski definition) is 9. The predicted octanol–water partition coefficient (Wildman–Crippen LogP) is 15.2. The van der Waals surface area contributed by atoms with Gasteiger partial charge in [-0.1, -0.05) is 202 Å². The molecule has 2 amide bonds. The monoisotopic (exact) mass is 938 g/mol. The van der Waals surface area contributed by atoms with Gasteiger partial charge in [0.15, 0.2) is 10.2 Å². The van der Waals surface area contributed by atoms with Gasteiger partial charge in [0.1, 0.15) is 6.17 Å². The molecule has 1 aromatic heterocycles. The summed E-state index contributed by atoms with van der Waals surface area (Å²) in [5.41, 5.74) is 2.11. The second-order valence-corrected chi connectivity index (χ2v) is 18.8. The smallest absolute Gasteiger partial charge is 0.266 e. The Kier molecular flexibility index (Phi) is 34.6. The van der Waals surface area contributed by atoms with Crippen LogP contribution >= 0.6 is 55.1 Å². The number of sulfonamides is 1. The molecule has 4 aromatic rings. The highest BCUT2D eigenvalue weighted by atomic mass is 33.1. The van der Waals surface area contributed by atoms with Crippen LogP contribution in [0, 0.1) is 0 Å². The molecule has 0 saturated carbocycles. The number of nitrogens with zero attached hydrogens (tertiary/aromatic N) is 4. The lowest BCUT2D eigenvalue weighted by Crippen LogP contribution is -2.69. The molecule has 3 aliphatic heterocycles. The number of likely N-dealkylation sites (N-methyl/N-ethyl adjacent to an activating group) is 1. The van der Waals surface area contributed by atoms with Gasteiger partial charge in [0.2, 0.25) is 0 Å². The number of rotatable bonds is 8. The normalized spacial score (nSPS) is 19.8. The second kappa shape index (κ2) is 27.6. The molecule has 0 N–H and O–H groups in total. The largest absolute Gasteiger partial charge is 0.322 e. The molecule has 14 heteroatoms. The molecule has 7 rings (SSSR count). The van der Waals surface area contributed by atoms with E-state index >= 15 is 0 Å². The van der Waals surface area contributed by atoms with Crippen LogP contribution in [0.4, 0.5) is 5.69 Å². The first-order valence-corrected chi connectivity index (χ1v) is 21.8. The molecule has 346 valence electrons. The van der Waals surface area contributed by atoms with Crippen molar-refractivity contribution >= 4 is 93.6 Å². The zero-order valence-electron chi connectivity index (χ0n) is 24.8. The summed E-state index contributed by atoms with van der Waals surface area (Å²) in [7, 11) is 2.94. The SMILES string of the molecule is C.C.C.C.C.C.C.C.C.C.C.C.C.C.CSS[C@H]1C(=O)N2[C@H]3N(S(=O)(=O)c4ccccc4)c4ccccc4[C@@]3(c3cn(SC)c4ccccc34)C[C@]2(SSC)C(=O)N1C. The van der Waals surface area contributed by atoms with Gasteiger partial charge in [-0.3, -0.25) is 18.5 Å². The molecule has 8 nitrogen and oxygen atoms in total. The summed E-state index contributed by atoms with van der Waals surface area (Å²) >= 11 is 1.55. The lowest BCUT2D eigenvalue weighted by Gasteiger charge is -2.49. The zero-order valence-corrected chi connectivity index (χ0v) is 29.7. The van der Waals surface area contributed by atoms with Crippen molar-refractivity contribution in [1.29, 1.82) is 0 Å². The number of piperazine rings is 1. The van der Waals surface area contributed by atoms with Crippen molar-refractivity contribution < 1.29 is 18.0 Å². The Balaban J connectivity index is -0.000000310. The third kappa shape index (κ3) is 10.3. The molecule has 59 heavy (non-hydrogen) atoms. The number of aromatic nitrogens is 1. The van der Waals surface area contributed by atoms with Gasteiger partial charge < -0.3 is 4.90 Å². The molecule has 0 bridgehead atoms. The fourth-order valence-corrected chi connectivity index (χ4v) is 13.8. The van der Waals surface area contributed by atoms with Crippen LogP contribution in [0.3, 0.4) is 0 Å². The molecular weight excluding hydrogens is 853 g/mol. The number of hydrogen-bond donors (Lipinski definition) is 0. The molecule has 2 saturated heterocycles. The van der Waals surface area contributed by atoms with E-state index in [9.17, 15) is 18.0 Å². The molecule has 3 aromatic carbocycles. The Morgan fingerprint density at radius 3 is 1.73 bits per heavy atom. The van der Waals surface area contributed by atoms with Crippen LogP contribution in [0.15, 0.2) is 90.0 Å². The van der Waals surface area contributed by atoms with Crippen LogP contribution in [0.1, 0.15) is 122 Å². The summed E-state index contributed by atoms with van der Waals surface area (Å²) in [4.78, 5) is 31.5. The minimum Gasteiger partial charge on any atom is -0.322 e. The maximum atomic E-state index is 14.9. The molecule has 0 radical (unpaired) electrons. The van der Waals surface area contributed by atoms with E-state index in [1.54, 1.807) is 59.1 Å². The number of fused-ring (bicyclic) bond motifs is 6. The molecule has 0 unspecified atom stereocenters. The predicted molar refractivity (Wildman–Crippen MR) is 285 cm³/mol. The Labute approximate surface area is 386 Å². The lowest BCUT2D eigenvalue weighted by molar-refractivity contribution is -0.157. The van der Waals surface area contributed by atoms with Gasteiger partial charge in [0.05, 0.1) is 21.5 Å².